The summed E-state index contributed by atoms with van der Waals surface area (Å²) in [5.41, 5.74) is 1.99. The highest BCUT2D eigenvalue weighted by atomic mass is 19.1. The minimum absolute atomic E-state index is 0.260. The molecule has 1 aromatic heterocycles. The van der Waals surface area contributed by atoms with Gasteiger partial charge in [0.15, 0.2) is 0 Å². The van der Waals surface area contributed by atoms with E-state index in [2.05, 4.69) is 10.3 Å². The van der Waals surface area contributed by atoms with Crippen molar-refractivity contribution >= 4 is 11.8 Å². The van der Waals surface area contributed by atoms with Crippen molar-refractivity contribution in [2.24, 2.45) is 0 Å². The van der Waals surface area contributed by atoms with Crippen molar-refractivity contribution in [2.75, 3.05) is 12.4 Å². The summed E-state index contributed by atoms with van der Waals surface area (Å²) in [5.74, 6) is 0.0825. The Hall–Kier alpha value is -2.43. The van der Waals surface area contributed by atoms with E-state index in [0.717, 1.165) is 16.9 Å². The van der Waals surface area contributed by atoms with E-state index < -0.39 is 5.97 Å². The van der Waals surface area contributed by atoms with Crippen LogP contribution in [0.4, 0.5) is 10.2 Å². The van der Waals surface area contributed by atoms with Crippen LogP contribution < -0.4 is 5.32 Å². The minimum atomic E-state index is -0.402. The van der Waals surface area contributed by atoms with E-state index in [1.54, 1.807) is 18.2 Å². The first-order chi connectivity index (χ1) is 10.0. The number of carbonyl (C=O) groups excluding carboxylic acids is 1. The van der Waals surface area contributed by atoms with Gasteiger partial charge in [0.2, 0.25) is 0 Å². The van der Waals surface area contributed by atoms with E-state index >= 15 is 0 Å². The van der Waals surface area contributed by atoms with Gasteiger partial charge in [-0.05, 0) is 36.2 Å². The molecular weight excluding hydrogens is 271 g/mol. The fourth-order valence-electron chi connectivity index (χ4n) is 2.67. The van der Waals surface area contributed by atoms with Crippen molar-refractivity contribution in [3.05, 3.63) is 59.0 Å². The number of pyridine rings is 1. The van der Waals surface area contributed by atoms with Crippen molar-refractivity contribution in [1.82, 2.24) is 4.98 Å². The summed E-state index contributed by atoms with van der Waals surface area (Å²) in [7, 11) is 1.34. The molecule has 0 saturated heterocycles. The van der Waals surface area contributed by atoms with Crippen LogP contribution >= 0.6 is 0 Å². The Bertz CT molecular complexity index is 700. The van der Waals surface area contributed by atoms with Gasteiger partial charge in [-0.15, -0.1) is 0 Å². The normalized spacial score (nSPS) is 19.8. The molecule has 1 aromatic carbocycles. The monoisotopic (exact) mass is 286 g/mol. The lowest BCUT2D eigenvalue weighted by atomic mass is 9.89. The first-order valence-corrected chi connectivity index (χ1v) is 6.63. The molecule has 5 heteroatoms. The van der Waals surface area contributed by atoms with Gasteiger partial charge in [-0.3, -0.25) is 0 Å². The standard InChI is InChI=1S/C16H15FN2O2/c1-16(12-3-5-13(17)6-4-12)8-10-7-11(15(20)21-2)9-18-14(10)19-16/h3-7,9H,8H2,1-2H3,(H,18,19)/t16-/m1/s1. The van der Waals surface area contributed by atoms with E-state index in [1.807, 2.05) is 6.92 Å². The second kappa shape index (κ2) is 4.84. The molecule has 21 heavy (non-hydrogen) atoms. The van der Waals surface area contributed by atoms with Crippen molar-refractivity contribution in [2.45, 2.75) is 18.9 Å². The van der Waals surface area contributed by atoms with Gasteiger partial charge in [-0.25, -0.2) is 14.2 Å². The fraction of sp³-hybridized carbons (Fsp3) is 0.250. The zero-order valence-electron chi connectivity index (χ0n) is 11.8. The lowest BCUT2D eigenvalue weighted by Gasteiger charge is -2.25. The zero-order chi connectivity index (χ0) is 15.0. The third kappa shape index (κ3) is 2.35. The molecule has 4 nitrogen and oxygen atoms in total. The molecule has 2 heterocycles. The fourth-order valence-corrected chi connectivity index (χ4v) is 2.67. The maximum absolute atomic E-state index is 13.1. The van der Waals surface area contributed by atoms with Gasteiger partial charge in [0.1, 0.15) is 11.6 Å². The van der Waals surface area contributed by atoms with Crippen LogP contribution in [0.5, 0.6) is 0 Å². The second-order valence-corrected chi connectivity index (χ2v) is 5.36. The maximum atomic E-state index is 13.1. The van der Waals surface area contributed by atoms with E-state index in [-0.39, 0.29) is 11.4 Å². The number of carbonyl (C=O) groups is 1. The van der Waals surface area contributed by atoms with Crippen LogP contribution in [0.25, 0.3) is 0 Å². The SMILES string of the molecule is COC(=O)c1cnc2c(c1)C[C@](C)(c1ccc(F)cc1)N2. The van der Waals surface area contributed by atoms with Gasteiger partial charge in [-0.1, -0.05) is 12.1 Å². The van der Waals surface area contributed by atoms with E-state index in [1.165, 1.54) is 25.4 Å². The van der Waals surface area contributed by atoms with Gasteiger partial charge in [-0.2, -0.15) is 0 Å². The van der Waals surface area contributed by atoms with Gasteiger partial charge in [0.25, 0.3) is 0 Å². The topological polar surface area (TPSA) is 51.2 Å². The first-order valence-electron chi connectivity index (χ1n) is 6.63. The Balaban J connectivity index is 1.93. The molecule has 0 spiro atoms. The maximum Gasteiger partial charge on any atom is 0.339 e. The van der Waals surface area contributed by atoms with Crippen molar-refractivity contribution in [3.63, 3.8) is 0 Å². The summed E-state index contributed by atoms with van der Waals surface area (Å²) in [6.07, 6.45) is 2.17. The summed E-state index contributed by atoms with van der Waals surface area (Å²) in [5, 5.41) is 3.35. The molecule has 1 atom stereocenters. The third-order valence-electron chi connectivity index (χ3n) is 3.81. The number of benzene rings is 1. The van der Waals surface area contributed by atoms with Crippen LogP contribution in [0.3, 0.4) is 0 Å². The van der Waals surface area contributed by atoms with Crippen LogP contribution in [0.2, 0.25) is 0 Å². The lowest BCUT2D eigenvalue weighted by Crippen LogP contribution is -2.29. The molecule has 0 fully saturated rings. The number of ether oxygens (including phenoxy) is 1. The molecule has 0 aliphatic carbocycles. The summed E-state index contributed by atoms with van der Waals surface area (Å²) in [6.45, 7) is 2.03. The predicted molar refractivity (Wildman–Crippen MR) is 76.7 cm³/mol. The number of aromatic nitrogens is 1. The zero-order valence-corrected chi connectivity index (χ0v) is 11.8. The van der Waals surface area contributed by atoms with Gasteiger partial charge < -0.3 is 10.1 Å². The molecule has 0 unspecified atom stereocenters. The summed E-state index contributed by atoms with van der Waals surface area (Å²) < 4.78 is 17.8. The molecular formula is C16H15FN2O2. The molecule has 0 saturated carbocycles. The average Bonchev–Trinajstić information content (AvgIpc) is 2.83. The van der Waals surface area contributed by atoms with Crippen molar-refractivity contribution < 1.29 is 13.9 Å². The highest BCUT2D eigenvalue weighted by molar-refractivity contribution is 5.89. The smallest absolute Gasteiger partial charge is 0.339 e. The number of methoxy groups -OCH3 is 1. The summed E-state index contributed by atoms with van der Waals surface area (Å²) in [6, 6.07) is 8.19. The van der Waals surface area contributed by atoms with Crippen molar-refractivity contribution in [3.8, 4) is 0 Å². The van der Waals surface area contributed by atoms with Crippen LogP contribution in [-0.2, 0) is 16.7 Å². The molecule has 1 aliphatic heterocycles. The Kier molecular flexibility index (Phi) is 3.12. The third-order valence-corrected chi connectivity index (χ3v) is 3.81. The van der Waals surface area contributed by atoms with Crippen LogP contribution in [0, 0.1) is 5.82 Å². The van der Waals surface area contributed by atoms with Crippen LogP contribution in [0.1, 0.15) is 28.4 Å². The molecule has 0 bridgehead atoms. The van der Waals surface area contributed by atoms with Crippen molar-refractivity contribution in [1.29, 1.82) is 0 Å². The number of rotatable bonds is 2. The average molecular weight is 286 g/mol. The Labute approximate surface area is 122 Å². The van der Waals surface area contributed by atoms with Gasteiger partial charge in [0, 0.05) is 12.6 Å². The quantitative estimate of drug-likeness (QED) is 0.862. The highest BCUT2D eigenvalue weighted by Crippen LogP contribution is 2.38. The predicted octanol–water partition coefficient (Wildman–Crippen LogP) is 2.89. The molecule has 3 rings (SSSR count). The number of fused-ring (bicyclic) bond motifs is 1. The molecule has 108 valence electrons. The van der Waals surface area contributed by atoms with Gasteiger partial charge >= 0.3 is 5.97 Å². The first kappa shape index (κ1) is 13.5. The highest BCUT2D eigenvalue weighted by Gasteiger charge is 2.35. The van der Waals surface area contributed by atoms with E-state index in [0.29, 0.717) is 12.0 Å². The number of nitrogens with zero attached hydrogens (tertiary/aromatic N) is 1. The molecule has 0 radical (unpaired) electrons. The van der Waals surface area contributed by atoms with Crippen LogP contribution in [-0.4, -0.2) is 18.1 Å². The van der Waals surface area contributed by atoms with E-state index in [4.69, 9.17) is 4.74 Å². The molecule has 1 aliphatic rings. The summed E-state index contributed by atoms with van der Waals surface area (Å²) >= 11 is 0. The lowest BCUT2D eigenvalue weighted by molar-refractivity contribution is 0.0600. The minimum Gasteiger partial charge on any atom is -0.465 e. The number of hydrogen-bond donors (Lipinski definition) is 1. The number of nitrogens with one attached hydrogen (secondary N) is 1. The number of esters is 1. The number of hydrogen-bond acceptors (Lipinski definition) is 4. The second-order valence-electron chi connectivity index (χ2n) is 5.36. The Morgan fingerprint density at radius 1 is 1.38 bits per heavy atom. The largest absolute Gasteiger partial charge is 0.465 e. The number of halogens is 1. The van der Waals surface area contributed by atoms with Gasteiger partial charge in [0.05, 0.1) is 18.2 Å². The summed E-state index contributed by atoms with van der Waals surface area (Å²) in [4.78, 5) is 15.8. The molecule has 0 amide bonds. The molecule has 1 N–H and O–H groups in total. The number of anilines is 1. The van der Waals surface area contributed by atoms with Crippen LogP contribution in [0.15, 0.2) is 36.5 Å². The Morgan fingerprint density at radius 2 is 2.10 bits per heavy atom. The molecule has 2 aromatic rings. The van der Waals surface area contributed by atoms with E-state index in [9.17, 15) is 9.18 Å². The Morgan fingerprint density at radius 3 is 2.76 bits per heavy atom.